The van der Waals surface area contributed by atoms with Crippen LogP contribution in [0, 0.1) is 23.7 Å². The minimum atomic E-state index is -0.0313. The third-order valence-electron chi connectivity index (χ3n) is 5.00. The molecule has 0 radical (unpaired) electrons. The number of rotatable bonds is 1. The largest absolute Gasteiger partial charge is 0.462 e. The van der Waals surface area contributed by atoms with Gasteiger partial charge < -0.3 is 10.5 Å². The summed E-state index contributed by atoms with van der Waals surface area (Å²) in [5, 5.41) is 0. The quantitative estimate of drug-likeness (QED) is 0.688. The molecular weight excluding hydrogens is 202 g/mol. The van der Waals surface area contributed by atoms with Crippen LogP contribution in [0.25, 0.3) is 0 Å². The molecule has 0 aromatic carbocycles. The van der Waals surface area contributed by atoms with Gasteiger partial charge in [-0.3, -0.25) is 4.79 Å². The highest BCUT2D eigenvalue weighted by atomic mass is 16.6. The van der Waals surface area contributed by atoms with Crippen molar-refractivity contribution in [3.63, 3.8) is 0 Å². The fraction of sp³-hybridized carbons (Fsp3) is 0.923. The predicted molar refractivity (Wildman–Crippen MR) is 60.6 cm³/mol. The van der Waals surface area contributed by atoms with Gasteiger partial charge in [0, 0.05) is 12.5 Å². The first kappa shape index (κ1) is 10.6. The molecule has 3 heteroatoms. The summed E-state index contributed by atoms with van der Waals surface area (Å²) in [6, 6.07) is 0. The maximum Gasteiger partial charge on any atom is 0.310 e. The van der Waals surface area contributed by atoms with Crippen molar-refractivity contribution >= 4 is 5.97 Å². The van der Waals surface area contributed by atoms with E-state index in [9.17, 15) is 4.79 Å². The van der Waals surface area contributed by atoms with Crippen LogP contribution < -0.4 is 5.73 Å². The molecule has 3 nitrogen and oxygen atoms in total. The van der Waals surface area contributed by atoms with E-state index in [4.69, 9.17) is 10.5 Å². The van der Waals surface area contributed by atoms with Gasteiger partial charge in [0.1, 0.15) is 6.10 Å². The Morgan fingerprint density at radius 3 is 2.56 bits per heavy atom. The fourth-order valence-corrected chi connectivity index (χ4v) is 4.12. The minimum absolute atomic E-state index is 0.00660. The molecule has 3 rings (SSSR count). The van der Waals surface area contributed by atoms with Crippen LogP contribution in [0.5, 0.6) is 0 Å². The molecule has 1 saturated heterocycles. The summed E-state index contributed by atoms with van der Waals surface area (Å²) in [4.78, 5) is 11.7. The number of carbonyl (C=O) groups is 1. The van der Waals surface area contributed by atoms with Crippen molar-refractivity contribution in [3.8, 4) is 0 Å². The van der Waals surface area contributed by atoms with Crippen molar-refractivity contribution in [1.29, 1.82) is 0 Å². The summed E-state index contributed by atoms with van der Waals surface area (Å²) in [6.45, 7) is 0.470. The highest BCUT2D eigenvalue weighted by Crippen LogP contribution is 2.48. The summed E-state index contributed by atoms with van der Waals surface area (Å²) in [7, 11) is 0. The van der Waals surface area contributed by atoms with Crippen LogP contribution in [0.2, 0.25) is 0 Å². The highest BCUT2D eigenvalue weighted by molar-refractivity contribution is 5.75. The van der Waals surface area contributed by atoms with Gasteiger partial charge in [-0.2, -0.15) is 0 Å². The van der Waals surface area contributed by atoms with E-state index >= 15 is 0 Å². The zero-order valence-corrected chi connectivity index (χ0v) is 9.73. The lowest BCUT2D eigenvalue weighted by Gasteiger charge is -2.41. The third-order valence-corrected chi connectivity index (χ3v) is 5.00. The molecule has 1 aliphatic heterocycles. The molecule has 0 bridgehead atoms. The Kier molecular flexibility index (Phi) is 2.66. The first-order valence-electron chi connectivity index (χ1n) is 6.70. The number of nitrogens with two attached hydrogens (primary N) is 1. The Morgan fingerprint density at radius 2 is 1.88 bits per heavy atom. The molecule has 5 atom stereocenters. The zero-order chi connectivity index (χ0) is 11.1. The second kappa shape index (κ2) is 4.02. The van der Waals surface area contributed by atoms with E-state index in [1.54, 1.807) is 0 Å². The van der Waals surface area contributed by atoms with Gasteiger partial charge in [-0.1, -0.05) is 25.7 Å². The number of ether oxygens (including phenoxy) is 1. The van der Waals surface area contributed by atoms with Crippen molar-refractivity contribution in [2.75, 3.05) is 6.54 Å². The van der Waals surface area contributed by atoms with Gasteiger partial charge in [0.2, 0.25) is 0 Å². The Labute approximate surface area is 96.7 Å². The zero-order valence-electron chi connectivity index (χ0n) is 9.73. The van der Waals surface area contributed by atoms with Crippen molar-refractivity contribution in [3.05, 3.63) is 0 Å². The minimum Gasteiger partial charge on any atom is -0.462 e. The molecule has 3 fully saturated rings. The molecule has 0 spiro atoms. The highest BCUT2D eigenvalue weighted by Gasteiger charge is 2.49. The fourth-order valence-electron chi connectivity index (χ4n) is 4.12. The van der Waals surface area contributed by atoms with Crippen molar-refractivity contribution < 1.29 is 9.53 Å². The second-order valence-electron chi connectivity index (χ2n) is 5.76. The number of fused-ring (bicyclic) bond motifs is 2. The molecule has 3 aliphatic rings. The van der Waals surface area contributed by atoms with E-state index in [-0.39, 0.29) is 18.0 Å². The van der Waals surface area contributed by atoms with E-state index in [1.165, 1.54) is 32.1 Å². The van der Waals surface area contributed by atoms with Crippen LogP contribution in [0.15, 0.2) is 0 Å². The summed E-state index contributed by atoms with van der Waals surface area (Å²) >= 11 is 0. The first-order valence-corrected chi connectivity index (χ1v) is 6.70. The molecule has 90 valence electrons. The average Bonchev–Trinajstić information content (AvgIpc) is 2.60. The van der Waals surface area contributed by atoms with E-state index in [0.717, 1.165) is 18.3 Å². The number of hydrogen-bond donors (Lipinski definition) is 1. The van der Waals surface area contributed by atoms with Crippen LogP contribution >= 0.6 is 0 Å². The Bertz CT molecular complexity index is 292. The topological polar surface area (TPSA) is 52.3 Å². The summed E-state index contributed by atoms with van der Waals surface area (Å²) in [5.41, 5.74) is 5.70. The monoisotopic (exact) mass is 223 g/mol. The van der Waals surface area contributed by atoms with Gasteiger partial charge in [0.25, 0.3) is 0 Å². The molecule has 5 unspecified atom stereocenters. The van der Waals surface area contributed by atoms with E-state index in [0.29, 0.717) is 12.5 Å². The molecule has 0 amide bonds. The van der Waals surface area contributed by atoms with Crippen LogP contribution in [0.1, 0.15) is 38.5 Å². The molecular formula is C13H21NO2. The molecule has 2 saturated carbocycles. The lowest BCUT2D eigenvalue weighted by molar-refractivity contribution is -0.145. The van der Waals surface area contributed by atoms with Crippen LogP contribution in [0.3, 0.4) is 0 Å². The molecule has 0 aromatic rings. The van der Waals surface area contributed by atoms with E-state index in [1.807, 2.05) is 0 Å². The first-order chi connectivity index (χ1) is 7.79. The van der Waals surface area contributed by atoms with Crippen LogP contribution in [-0.4, -0.2) is 18.6 Å². The predicted octanol–water partition coefficient (Wildman–Crippen LogP) is 1.70. The summed E-state index contributed by atoms with van der Waals surface area (Å²) in [6.07, 6.45) is 7.94. The third kappa shape index (κ3) is 1.56. The Hall–Kier alpha value is -0.570. The van der Waals surface area contributed by atoms with Gasteiger partial charge in [0.05, 0.1) is 5.92 Å². The van der Waals surface area contributed by atoms with Crippen molar-refractivity contribution in [1.82, 2.24) is 0 Å². The number of carbonyl (C=O) groups excluding carboxylic acids is 1. The van der Waals surface area contributed by atoms with Crippen LogP contribution in [0.4, 0.5) is 0 Å². The smallest absolute Gasteiger partial charge is 0.310 e. The second-order valence-corrected chi connectivity index (χ2v) is 5.76. The SMILES string of the molecule is NCC1C(=O)OC2CC3CCCCC3CC21. The maximum absolute atomic E-state index is 11.7. The normalized spacial score (nSPS) is 47.1. The molecule has 2 N–H and O–H groups in total. The standard InChI is InChI=1S/C13H21NO2/c14-7-11-10-5-8-3-1-2-4-9(8)6-12(10)16-13(11)15/h8-12H,1-7,14H2. The van der Waals surface area contributed by atoms with Crippen LogP contribution in [-0.2, 0) is 9.53 Å². The summed E-state index contributed by atoms with van der Waals surface area (Å²) in [5.74, 6) is 2.05. The lowest BCUT2D eigenvalue weighted by atomic mass is 9.64. The molecule has 1 heterocycles. The molecule has 0 aromatic heterocycles. The molecule has 2 aliphatic carbocycles. The van der Waals surface area contributed by atoms with Gasteiger partial charge >= 0.3 is 5.97 Å². The van der Waals surface area contributed by atoms with Crippen molar-refractivity contribution in [2.45, 2.75) is 44.6 Å². The molecule has 16 heavy (non-hydrogen) atoms. The van der Waals surface area contributed by atoms with Gasteiger partial charge in [-0.15, -0.1) is 0 Å². The van der Waals surface area contributed by atoms with Crippen molar-refractivity contribution in [2.24, 2.45) is 29.4 Å². The van der Waals surface area contributed by atoms with E-state index in [2.05, 4.69) is 0 Å². The van der Waals surface area contributed by atoms with E-state index < -0.39 is 0 Å². The number of esters is 1. The average molecular weight is 223 g/mol. The van der Waals surface area contributed by atoms with Gasteiger partial charge in [-0.25, -0.2) is 0 Å². The Balaban J connectivity index is 1.76. The van der Waals surface area contributed by atoms with Gasteiger partial charge in [0.15, 0.2) is 0 Å². The Morgan fingerprint density at radius 1 is 1.19 bits per heavy atom. The maximum atomic E-state index is 11.7. The lowest BCUT2D eigenvalue weighted by Crippen LogP contribution is -2.38. The van der Waals surface area contributed by atoms with Gasteiger partial charge in [-0.05, 0) is 24.7 Å². The number of hydrogen-bond acceptors (Lipinski definition) is 3. The summed E-state index contributed by atoms with van der Waals surface area (Å²) < 4.78 is 5.50.